The van der Waals surface area contributed by atoms with Gasteiger partial charge in [-0.05, 0) is 109 Å². The molecular weight excluding hydrogens is 1080 g/mol. The number of benzene rings is 4. The van der Waals surface area contributed by atoms with Gasteiger partial charge in [-0.2, -0.15) is 8.61 Å². The second kappa shape index (κ2) is 27.3. The molecule has 23 heteroatoms. The van der Waals surface area contributed by atoms with Gasteiger partial charge in [-0.15, -0.1) is 0 Å². The van der Waals surface area contributed by atoms with E-state index in [1.54, 1.807) is 29.6 Å². The zero-order valence-corrected chi connectivity index (χ0v) is 47.8. The maximum absolute atomic E-state index is 13.5. The Balaban J connectivity index is 0.000000183. The van der Waals surface area contributed by atoms with Gasteiger partial charge in [-0.1, -0.05) is 48.5 Å². The Labute approximate surface area is 472 Å². The molecule has 4 aromatic carbocycles. The number of anilines is 2. The second-order valence-corrected chi connectivity index (χ2v) is 24.8. The molecule has 4 aliphatic rings. The SMILES string of the molecule is COc1ccc(Cn2cc(CCC=O)nc(N3CCN(S(C)(=O)=O)CC3)c2=O)cc1.COc1ccc(Cn2cc(CCCN[C@@H]3C[C@H]3c3ccc(F)cc3)nc(N3CCN(S(C)(=O)=O)CC3)c2=O)cc1.N[C@@H]1C[C@H]1c1ccc(F)cc1. The first-order chi connectivity index (χ1) is 38.8. The van der Waals surface area contributed by atoms with Crippen LogP contribution >= 0.6 is 0 Å². The highest BCUT2D eigenvalue weighted by atomic mass is 32.2. The summed E-state index contributed by atoms with van der Waals surface area (Å²) in [6, 6.07) is 29.1. The summed E-state index contributed by atoms with van der Waals surface area (Å²) in [7, 11) is -3.33. The number of nitrogens with one attached hydrogen (secondary N) is 1. The molecule has 2 aromatic heterocycles. The molecule has 10 rings (SSSR count). The third-order valence-corrected chi connectivity index (χ3v) is 17.4. The van der Waals surface area contributed by atoms with Crippen molar-refractivity contribution in [2.24, 2.45) is 5.73 Å². The van der Waals surface area contributed by atoms with E-state index in [1.165, 1.54) is 51.0 Å². The van der Waals surface area contributed by atoms with E-state index in [1.807, 2.05) is 88.8 Å². The van der Waals surface area contributed by atoms with Crippen LogP contribution in [0.4, 0.5) is 20.4 Å². The lowest BCUT2D eigenvalue weighted by Crippen LogP contribution is -2.50. The van der Waals surface area contributed by atoms with E-state index in [0.29, 0.717) is 126 Å². The number of aldehydes is 1. The fourth-order valence-corrected chi connectivity index (χ4v) is 11.6. The first-order valence-electron chi connectivity index (χ1n) is 27.1. The summed E-state index contributed by atoms with van der Waals surface area (Å²) in [5, 5.41) is 3.59. The highest BCUT2D eigenvalue weighted by Gasteiger charge is 2.38. The van der Waals surface area contributed by atoms with Gasteiger partial charge in [0.25, 0.3) is 11.1 Å². The Hall–Kier alpha value is -6.89. The van der Waals surface area contributed by atoms with Crippen molar-refractivity contribution >= 4 is 38.0 Å². The summed E-state index contributed by atoms with van der Waals surface area (Å²) in [5.41, 5.74) is 10.9. The molecule has 0 unspecified atom stereocenters. The maximum atomic E-state index is 13.5. The molecule has 3 N–H and O–H groups in total. The van der Waals surface area contributed by atoms with Crippen molar-refractivity contribution in [3.05, 3.63) is 175 Å². The van der Waals surface area contributed by atoms with Crippen LogP contribution in [0.25, 0.3) is 0 Å². The lowest BCUT2D eigenvalue weighted by Gasteiger charge is -2.33. The topological polar surface area (TPSA) is 225 Å². The zero-order valence-electron chi connectivity index (χ0n) is 46.2. The third kappa shape index (κ3) is 16.9. The second-order valence-electron chi connectivity index (χ2n) is 20.8. The van der Waals surface area contributed by atoms with Gasteiger partial charge in [0.05, 0.1) is 51.2 Å². The molecule has 2 saturated carbocycles. The summed E-state index contributed by atoms with van der Waals surface area (Å²) in [4.78, 5) is 50.4. The number of methoxy groups -OCH3 is 2. The van der Waals surface area contributed by atoms with E-state index in [4.69, 9.17) is 20.2 Å². The molecule has 4 heterocycles. The van der Waals surface area contributed by atoms with Crippen LogP contribution in [0.2, 0.25) is 0 Å². The van der Waals surface area contributed by atoms with Crippen LogP contribution < -0.4 is 41.4 Å². The van der Waals surface area contributed by atoms with Crippen molar-refractivity contribution in [1.29, 1.82) is 0 Å². The Bertz CT molecular complexity index is 3410. The van der Waals surface area contributed by atoms with Gasteiger partial charge in [-0.3, -0.25) is 9.59 Å². The van der Waals surface area contributed by atoms with Crippen molar-refractivity contribution in [2.45, 2.75) is 75.5 Å². The Morgan fingerprint density at radius 2 is 1.01 bits per heavy atom. The number of nitrogens with zero attached hydrogens (tertiary/aromatic N) is 8. The fraction of sp³-hybridized carbons (Fsp3) is 0.431. The lowest BCUT2D eigenvalue weighted by molar-refractivity contribution is -0.107. The Kier molecular flexibility index (Phi) is 20.3. The molecule has 4 atom stereocenters. The van der Waals surface area contributed by atoms with E-state index in [2.05, 4.69) is 10.3 Å². The largest absolute Gasteiger partial charge is 0.497 e. The molecule has 2 aliphatic carbocycles. The number of ether oxygens (including phenoxy) is 2. The number of aryl methyl sites for hydroxylation is 2. The molecule has 4 fully saturated rings. The minimum atomic E-state index is -3.28. The van der Waals surface area contributed by atoms with Crippen LogP contribution in [-0.4, -0.2) is 149 Å². The number of carbonyl (C=O) groups excluding carboxylic acids is 1. The number of carbonyl (C=O) groups is 1. The molecule has 0 amide bonds. The summed E-state index contributed by atoms with van der Waals surface area (Å²) in [5.74, 6) is 2.65. The minimum absolute atomic E-state index is 0.178. The lowest BCUT2D eigenvalue weighted by atomic mass is 10.1. The van der Waals surface area contributed by atoms with Crippen LogP contribution in [-0.2, 0) is 50.8 Å². The van der Waals surface area contributed by atoms with Crippen LogP contribution in [0.3, 0.4) is 0 Å². The van der Waals surface area contributed by atoms with E-state index in [0.717, 1.165) is 66.0 Å². The number of aromatic nitrogens is 4. The summed E-state index contributed by atoms with van der Waals surface area (Å²) in [6.07, 6.45) is 11.1. The van der Waals surface area contributed by atoms with Crippen molar-refractivity contribution < 1.29 is 39.9 Å². The molecule has 81 heavy (non-hydrogen) atoms. The van der Waals surface area contributed by atoms with Crippen molar-refractivity contribution in [3.63, 3.8) is 0 Å². The van der Waals surface area contributed by atoms with Crippen LogP contribution in [0.1, 0.15) is 71.2 Å². The molecule has 434 valence electrons. The molecule has 19 nitrogen and oxygen atoms in total. The number of nitrogens with two attached hydrogens (primary N) is 1. The average Bonchev–Trinajstić information content (AvgIpc) is 4.43. The Morgan fingerprint density at radius 3 is 1.40 bits per heavy atom. The van der Waals surface area contributed by atoms with Gasteiger partial charge in [0.15, 0.2) is 11.6 Å². The van der Waals surface area contributed by atoms with E-state index < -0.39 is 20.0 Å². The molecular formula is C58H72F2N10O9S2. The van der Waals surface area contributed by atoms with Gasteiger partial charge in [-0.25, -0.2) is 35.6 Å². The van der Waals surface area contributed by atoms with Crippen LogP contribution in [0.15, 0.2) is 119 Å². The quantitative estimate of drug-likeness (QED) is 0.0777. The van der Waals surface area contributed by atoms with Gasteiger partial charge >= 0.3 is 0 Å². The number of rotatable bonds is 20. The van der Waals surface area contributed by atoms with E-state index in [-0.39, 0.29) is 22.8 Å². The first kappa shape index (κ1) is 60.2. The highest BCUT2D eigenvalue weighted by molar-refractivity contribution is 7.88. The first-order valence-corrected chi connectivity index (χ1v) is 30.8. The number of piperazine rings is 2. The maximum Gasteiger partial charge on any atom is 0.293 e. The molecule has 0 bridgehead atoms. The van der Waals surface area contributed by atoms with Crippen molar-refractivity contribution in [2.75, 3.05) is 95.4 Å². The van der Waals surface area contributed by atoms with Crippen LogP contribution in [0, 0.1) is 11.6 Å². The average molecular weight is 1160 g/mol. The molecule has 2 aliphatic heterocycles. The normalized spacial score (nSPS) is 19.1. The zero-order chi connectivity index (χ0) is 57.8. The predicted octanol–water partition coefficient (Wildman–Crippen LogP) is 4.75. The highest BCUT2D eigenvalue weighted by Crippen LogP contribution is 2.41. The standard InChI is InChI=1S/C29H36FN5O4S.C20H26N4O5S.C9H10FN/c1-39-25-11-5-21(6-12-25)19-34-20-24(4-3-13-31-27-18-26(27)22-7-9-23(30)10-8-22)32-28(29(34)36)33-14-16-35(17-15-33)40(2,37)38;1-29-18-7-5-16(6-8-18)14-23-15-17(4-3-13-25)21-19(20(23)26)22-9-11-24(12-10-22)30(2,27)28;10-7-3-1-6(2-4-7)8-5-9(8)11/h5-12,20,26-27,31H,3-4,13-19H2,1-2H3;5-8,13,15H,3-4,9-12,14H2,1-2H3;1-4,8-9H,5,11H2/t26-,27+;;8-,9+/m0.0/s1. The number of halogens is 2. The summed E-state index contributed by atoms with van der Waals surface area (Å²) >= 11 is 0. The number of hydrogen-bond donors (Lipinski definition) is 2. The predicted molar refractivity (Wildman–Crippen MR) is 308 cm³/mol. The van der Waals surface area contributed by atoms with Crippen LogP contribution in [0.5, 0.6) is 11.5 Å². The molecule has 0 radical (unpaired) electrons. The Morgan fingerprint density at radius 1 is 0.605 bits per heavy atom. The molecule has 6 aromatic rings. The minimum Gasteiger partial charge on any atom is -0.497 e. The molecule has 2 saturated heterocycles. The third-order valence-electron chi connectivity index (χ3n) is 14.8. The van der Waals surface area contributed by atoms with Gasteiger partial charge < -0.3 is 44.3 Å². The van der Waals surface area contributed by atoms with Gasteiger partial charge in [0.2, 0.25) is 20.0 Å². The smallest absolute Gasteiger partial charge is 0.293 e. The number of hydrogen-bond acceptors (Lipinski definition) is 15. The number of sulfonamides is 2. The summed E-state index contributed by atoms with van der Waals surface area (Å²) < 4.78 is 89.6. The van der Waals surface area contributed by atoms with Crippen molar-refractivity contribution in [1.82, 2.24) is 33.0 Å². The monoisotopic (exact) mass is 1150 g/mol. The van der Waals surface area contributed by atoms with Gasteiger partial charge in [0.1, 0.15) is 29.4 Å². The molecule has 0 spiro atoms. The van der Waals surface area contributed by atoms with Crippen molar-refractivity contribution in [3.8, 4) is 11.5 Å². The fourth-order valence-electron chi connectivity index (χ4n) is 9.94. The van der Waals surface area contributed by atoms with E-state index >= 15 is 0 Å². The van der Waals surface area contributed by atoms with Gasteiger partial charge in [0, 0.05) is 95.1 Å². The summed E-state index contributed by atoms with van der Waals surface area (Å²) in [6.45, 7) is 4.41. The van der Waals surface area contributed by atoms with E-state index in [9.17, 15) is 40.0 Å².